The van der Waals surface area contributed by atoms with Gasteiger partial charge in [0.05, 0.1) is 0 Å². The first kappa shape index (κ1) is 11.4. The molecular formula is C5H8O6P2-4. The van der Waals surface area contributed by atoms with Crippen molar-refractivity contribution in [3.63, 3.8) is 0 Å². The Balaban J connectivity index is 2.89. The smallest absolute Gasteiger partial charge is 0.00596 e. The lowest BCUT2D eigenvalue weighted by molar-refractivity contribution is -0.325. The summed E-state index contributed by atoms with van der Waals surface area (Å²) in [5.41, 5.74) is -3.01. The van der Waals surface area contributed by atoms with Crippen molar-refractivity contribution in [2.75, 3.05) is 0 Å². The maximum atomic E-state index is 10.6. The molecule has 2 atom stereocenters. The summed E-state index contributed by atoms with van der Waals surface area (Å²) in [5, 5.41) is 0. The van der Waals surface area contributed by atoms with Gasteiger partial charge in [0, 0.05) is 0 Å². The fraction of sp³-hybridized carbons (Fsp3) is 1.00. The average Bonchev–Trinajstić information content (AvgIpc) is 2.27. The number of hydrogen-bond acceptors (Lipinski definition) is 6. The van der Waals surface area contributed by atoms with Crippen molar-refractivity contribution in [2.45, 2.75) is 30.6 Å². The normalized spacial score (nSPS) is 30.8. The highest BCUT2D eigenvalue weighted by Crippen LogP contribution is 2.53. The topological polar surface area (TPSA) is 126 Å². The Labute approximate surface area is 75.3 Å². The molecule has 0 amide bonds. The van der Waals surface area contributed by atoms with Crippen molar-refractivity contribution >= 4 is 15.2 Å². The Morgan fingerprint density at radius 3 is 1.38 bits per heavy atom. The highest BCUT2D eigenvalue weighted by Gasteiger charge is 2.31. The first-order valence-corrected chi connectivity index (χ1v) is 6.99. The highest BCUT2D eigenvalue weighted by atomic mass is 31.2. The summed E-state index contributed by atoms with van der Waals surface area (Å²) in [6.45, 7) is 0. The molecule has 1 saturated carbocycles. The lowest BCUT2D eigenvalue weighted by atomic mass is 10.4. The molecule has 0 heterocycles. The molecule has 0 radical (unpaired) electrons. The number of hydrogen-bond donors (Lipinski definition) is 0. The van der Waals surface area contributed by atoms with Crippen molar-refractivity contribution in [2.24, 2.45) is 0 Å². The van der Waals surface area contributed by atoms with Gasteiger partial charge < -0.3 is 28.7 Å². The molecular weight excluding hydrogens is 218 g/mol. The number of rotatable bonds is 2. The van der Waals surface area contributed by atoms with Gasteiger partial charge in [0.1, 0.15) is 0 Å². The van der Waals surface area contributed by atoms with Crippen molar-refractivity contribution in [1.82, 2.24) is 0 Å². The molecule has 1 aliphatic rings. The van der Waals surface area contributed by atoms with Crippen LogP contribution in [0.4, 0.5) is 0 Å². The van der Waals surface area contributed by atoms with E-state index in [-0.39, 0.29) is 12.8 Å². The molecule has 1 fully saturated rings. The molecule has 78 valence electrons. The van der Waals surface area contributed by atoms with Gasteiger partial charge in [0.2, 0.25) is 0 Å². The van der Waals surface area contributed by atoms with E-state index in [1.807, 2.05) is 0 Å². The molecule has 0 spiro atoms. The molecule has 0 bridgehead atoms. The van der Waals surface area contributed by atoms with E-state index in [9.17, 15) is 28.7 Å². The minimum Gasteiger partial charge on any atom is -0.811 e. The Hall–Kier alpha value is 0.300. The highest BCUT2D eigenvalue weighted by molar-refractivity contribution is 7.54. The van der Waals surface area contributed by atoms with E-state index in [0.29, 0.717) is 6.42 Å². The molecule has 0 aliphatic heterocycles. The van der Waals surface area contributed by atoms with Gasteiger partial charge in [0.15, 0.2) is 0 Å². The van der Waals surface area contributed by atoms with Gasteiger partial charge in [-0.3, -0.25) is 0 Å². The third kappa shape index (κ3) is 2.62. The average molecular weight is 226 g/mol. The second kappa shape index (κ2) is 3.46. The third-order valence-corrected chi connectivity index (χ3v) is 5.35. The molecule has 0 aromatic carbocycles. The molecule has 0 aromatic heterocycles. The van der Waals surface area contributed by atoms with E-state index in [1.54, 1.807) is 0 Å². The predicted molar refractivity (Wildman–Crippen MR) is 36.6 cm³/mol. The van der Waals surface area contributed by atoms with Gasteiger partial charge in [-0.05, 0) is 24.2 Å². The summed E-state index contributed by atoms with van der Waals surface area (Å²) in [6, 6.07) is 0. The summed E-state index contributed by atoms with van der Waals surface area (Å²) < 4.78 is 21.1. The molecule has 13 heavy (non-hydrogen) atoms. The standard InChI is InChI=1S/C5H12O6P2/c6-12(7,8)4-2-1-3-5(4)13(9,10)11/h4-5H,1-3H2,(H2,6,7,8)(H2,9,10,11)/p-4. The van der Waals surface area contributed by atoms with Crippen LogP contribution in [0, 0.1) is 0 Å². The summed E-state index contributed by atoms with van der Waals surface area (Å²) in [7, 11) is -9.88. The molecule has 2 unspecified atom stereocenters. The van der Waals surface area contributed by atoms with Crippen LogP contribution in [0.25, 0.3) is 0 Å². The van der Waals surface area contributed by atoms with Crippen LogP contribution in [-0.2, 0) is 9.13 Å². The van der Waals surface area contributed by atoms with Crippen LogP contribution in [0.3, 0.4) is 0 Å². The van der Waals surface area contributed by atoms with Crippen molar-refractivity contribution < 1.29 is 28.7 Å². The Morgan fingerprint density at radius 2 is 1.15 bits per heavy atom. The van der Waals surface area contributed by atoms with Crippen LogP contribution in [0.2, 0.25) is 0 Å². The quantitative estimate of drug-likeness (QED) is 0.488. The van der Waals surface area contributed by atoms with E-state index >= 15 is 0 Å². The van der Waals surface area contributed by atoms with E-state index in [4.69, 9.17) is 0 Å². The molecule has 1 aliphatic carbocycles. The van der Waals surface area contributed by atoms with Gasteiger partial charge in [-0.25, -0.2) is 0 Å². The maximum absolute atomic E-state index is 10.6. The molecule has 0 N–H and O–H groups in total. The van der Waals surface area contributed by atoms with Crippen LogP contribution < -0.4 is 19.6 Å². The largest absolute Gasteiger partial charge is 0.811 e. The summed E-state index contributed by atoms with van der Waals surface area (Å²) in [6.07, 6.45) is 0.283. The lowest BCUT2D eigenvalue weighted by Gasteiger charge is -2.46. The zero-order chi connectivity index (χ0) is 10.3. The van der Waals surface area contributed by atoms with E-state index < -0.39 is 26.5 Å². The molecule has 0 saturated heterocycles. The van der Waals surface area contributed by atoms with Gasteiger partial charge in [-0.2, -0.15) is 0 Å². The second-order valence-corrected chi connectivity index (χ2v) is 6.63. The van der Waals surface area contributed by atoms with E-state index in [2.05, 4.69) is 0 Å². The molecule has 0 aromatic rings. The van der Waals surface area contributed by atoms with Crippen molar-refractivity contribution in [3.8, 4) is 0 Å². The third-order valence-electron chi connectivity index (χ3n) is 2.26. The van der Waals surface area contributed by atoms with Crippen molar-refractivity contribution in [1.29, 1.82) is 0 Å². The van der Waals surface area contributed by atoms with Crippen LogP contribution >= 0.6 is 15.2 Å². The minimum atomic E-state index is -4.94. The lowest BCUT2D eigenvalue weighted by Crippen LogP contribution is -2.37. The van der Waals surface area contributed by atoms with E-state index in [1.165, 1.54) is 0 Å². The van der Waals surface area contributed by atoms with Gasteiger partial charge in [0.25, 0.3) is 0 Å². The Bertz CT molecular complexity index is 249. The van der Waals surface area contributed by atoms with Crippen LogP contribution in [-0.4, -0.2) is 11.3 Å². The summed E-state index contributed by atoms with van der Waals surface area (Å²) in [4.78, 5) is 42.3. The Morgan fingerprint density at radius 1 is 0.846 bits per heavy atom. The van der Waals surface area contributed by atoms with Gasteiger partial charge >= 0.3 is 0 Å². The van der Waals surface area contributed by atoms with Crippen LogP contribution in [0.15, 0.2) is 0 Å². The maximum Gasteiger partial charge on any atom is -0.00596 e. The minimum absolute atomic E-state index is 0.0105. The van der Waals surface area contributed by atoms with Gasteiger partial charge in [-0.1, -0.05) is 21.6 Å². The zero-order valence-corrected chi connectivity index (χ0v) is 8.41. The fourth-order valence-electron chi connectivity index (χ4n) is 1.66. The van der Waals surface area contributed by atoms with Gasteiger partial charge in [-0.15, -0.1) is 0 Å². The van der Waals surface area contributed by atoms with Crippen LogP contribution in [0.5, 0.6) is 0 Å². The monoisotopic (exact) mass is 226 g/mol. The SMILES string of the molecule is O=P([O-])([O-])C1CCCC1P(=O)([O-])[O-]. The summed E-state index contributed by atoms with van der Waals surface area (Å²) in [5.74, 6) is 0. The van der Waals surface area contributed by atoms with E-state index in [0.717, 1.165) is 0 Å². The molecule has 1 rings (SSSR count). The molecule has 6 nitrogen and oxygen atoms in total. The first-order chi connectivity index (χ1) is 5.73. The van der Waals surface area contributed by atoms with Crippen molar-refractivity contribution in [3.05, 3.63) is 0 Å². The fourth-order valence-corrected chi connectivity index (χ4v) is 4.78. The Kier molecular flexibility index (Phi) is 3.03. The first-order valence-electron chi connectivity index (χ1n) is 3.76. The van der Waals surface area contributed by atoms with Crippen LogP contribution in [0.1, 0.15) is 19.3 Å². The summed E-state index contributed by atoms with van der Waals surface area (Å²) >= 11 is 0. The molecule has 8 heteroatoms. The second-order valence-electron chi connectivity index (χ2n) is 3.15. The predicted octanol–water partition coefficient (Wildman–Crippen LogP) is -2.27. The zero-order valence-electron chi connectivity index (χ0n) is 6.62.